The number of hydrogen-bond acceptors (Lipinski definition) is 4. The zero-order valence-corrected chi connectivity index (χ0v) is 11.6. The average Bonchev–Trinajstić information content (AvgIpc) is 2.64. The van der Waals surface area contributed by atoms with Crippen LogP contribution in [0.1, 0.15) is 19.0 Å². The average molecular weight is 260 g/mol. The van der Waals surface area contributed by atoms with Crippen LogP contribution in [0.3, 0.4) is 0 Å². The van der Waals surface area contributed by atoms with E-state index in [9.17, 15) is 0 Å². The molecule has 0 spiro atoms. The van der Waals surface area contributed by atoms with Gasteiger partial charge in [0.05, 0.1) is 18.0 Å². The fraction of sp³-hybridized carbons (Fsp3) is 0.357. The largest absolute Gasteiger partial charge is 0.493 e. The van der Waals surface area contributed by atoms with Gasteiger partial charge in [0.25, 0.3) is 0 Å². The fourth-order valence-electron chi connectivity index (χ4n) is 1.88. The predicted octanol–water partition coefficient (Wildman–Crippen LogP) is 2.84. The standard InChI is InChI=1S/C14H20N4O/c1-4-5-19-13-7-11(15)6-12(8-13)16-14-9-18(3)17-10(14)2/h6-9,16H,4-5,15H2,1-3H3. The number of ether oxygens (including phenoxy) is 1. The lowest BCUT2D eigenvalue weighted by molar-refractivity contribution is 0.318. The van der Waals surface area contributed by atoms with Crippen molar-refractivity contribution in [3.63, 3.8) is 0 Å². The SMILES string of the molecule is CCCOc1cc(N)cc(Nc2cn(C)nc2C)c1. The van der Waals surface area contributed by atoms with Crippen LogP contribution in [0, 0.1) is 6.92 Å². The van der Waals surface area contributed by atoms with E-state index in [2.05, 4.69) is 17.3 Å². The van der Waals surface area contributed by atoms with E-state index in [1.54, 1.807) is 4.68 Å². The van der Waals surface area contributed by atoms with E-state index < -0.39 is 0 Å². The Morgan fingerprint density at radius 2 is 2.16 bits per heavy atom. The molecule has 0 saturated carbocycles. The molecule has 0 amide bonds. The van der Waals surface area contributed by atoms with Gasteiger partial charge in [-0.3, -0.25) is 4.68 Å². The molecule has 102 valence electrons. The van der Waals surface area contributed by atoms with Crippen LogP contribution in [0.2, 0.25) is 0 Å². The number of hydrogen-bond donors (Lipinski definition) is 2. The highest BCUT2D eigenvalue weighted by Gasteiger charge is 2.05. The van der Waals surface area contributed by atoms with Gasteiger partial charge in [0.2, 0.25) is 0 Å². The van der Waals surface area contributed by atoms with Gasteiger partial charge in [0.15, 0.2) is 0 Å². The number of nitrogen functional groups attached to an aromatic ring is 1. The summed E-state index contributed by atoms with van der Waals surface area (Å²) in [6.07, 6.45) is 2.91. The van der Waals surface area contributed by atoms with E-state index in [1.165, 1.54) is 0 Å². The van der Waals surface area contributed by atoms with Gasteiger partial charge in [-0.25, -0.2) is 0 Å². The molecular formula is C14H20N4O. The van der Waals surface area contributed by atoms with E-state index in [0.29, 0.717) is 12.3 Å². The van der Waals surface area contributed by atoms with Crippen LogP contribution in [0.4, 0.5) is 17.1 Å². The molecule has 0 aliphatic heterocycles. The highest BCUT2D eigenvalue weighted by molar-refractivity contribution is 5.67. The molecule has 0 saturated heterocycles. The topological polar surface area (TPSA) is 65.1 Å². The highest BCUT2D eigenvalue weighted by Crippen LogP contribution is 2.26. The van der Waals surface area contributed by atoms with Crippen molar-refractivity contribution in [1.29, 1.82) is 0 Å². The summed E-state index contributed by atoms with van der Waals surface area (Å²) in [5.41, 5.74) is 9.38. The van der Waals surface area contributed by atoms with E-state index in [0.717, 1.165) is 29.2 Å². The molecular weight excluding hydrogens is 240 g/mol. The highest BCUT2D eigenvalue weighted by atomic mass is 16.5. The molecule has 2 aromatic rings. The van der Waals surface area contributed by atoms with Crippen molar-refractivity contribution in [2.75, 3.05) is 17.7 Å². The first kappa shape index (κ1) is 13.3. The maximum atomic E-state index is 5.89. The molecule has 1 aromatic heterocycles. The Morgan fingerprint density at radius 1 is 1.37 bits per heavy atom. The zero-order valence-electron chi connectivity index (χ0n) is 11.6. The van der Waals surface area contributed by atoms with Gasteiger partial charge in [0, 0.05) is 36.8 Å². The molecule has 0 bridgehead atoms. The second-order valence-corrected chi connectivity index (χ2v) is 4.57. The lowest BCUT2D eigenvalue weighted by atomic mass is 10.2. The summed E-state index contributed by atoms with van der Waals surface area (Å²) in [4.78, 5) is 0. The summed E-state index contributed by atoms with van der Waals surface area (Å²) in [6, 6.07) is 5.65. The number of nitrogens with two attached hydrogens (primary N) is 1. The van der Waals surface area contributed by atoms with Crippen LogP contribution in [0.5, 0.6) is 5.75 Å². The smallest absolute Gasteiger partial charge is 0.123 e. The molecule has 0 fully saturated rings. The molecule has 19 heavy (non-hydrogen) atoms. The Balaban J connectivity index is 2.20. The first-order valence-corrected chi connectivity index (χ1v) is 6.39. The van der Waals surface area contributed by atoms with Crippen LogP contribution in [0.25, 0.3) is 0 Å². The molecule has 5 heteroatoms. The number of aryl methyl sites for hydroxylation is 2. The fourth-order valence-corrected chi connectivity index (χ4v) is 1.88. The van der Waals surface area contributed by atoms with Gasteiger partial charge in [-0.2, -0.15) is 5.10 Å². The number of nitrogens with zero attached hydrogens (tertiary/aromatic N) is 2. The molecule has 5 nitrogen and oxygen atoms in total. The van der Waals surface area contributed by atoms with Gasteiger partial charge in [-0.1, -0.05) is 6.92 Å². The van der Waals surface area contributed by atoms with E-state index in [4.69, 9.17) is 10.5 Å². The molecule has 2 rings (SSSR count). The Bertz CT molecular complexity index is 563. The normalized spacial score (nSPS) is 10.5. The van der Waals surface area contributed by atoms with Crippen LogP contribution in [0.15, 0.2) is 24.4 Å². The van der Waals surface area contributed by atoms with Gasteiger partial charge in [0.1, 0.15) is 5.75 Å². The number of aromatic nitrogens is 2. The quantitative estimate of drug-likeness (QED) is 0.811. The monoisotopic (exact) mass is 260 g/mol. The number of anilines is 3. The summed E-state index contributed by atoms with van der Waals surface area (Å²) in [7, 11) is 1.90. The second kappa shape index (κ2) is 5.65. The third kappa shape index (κ3) is 3.40. The molecule has 0 radical (unpaired) electrons. The Kier molecular flexibility index (Phi) is 3.94. The molecule has 1 heterocycles. The maximum absolute atomic E-state index is 5.89. The van der Waals surface area contributed by atoms with Gasteiger partial charge in [-0.15, -0.1) is 0 Å². The lowest BCUT2D eigenvalue weighted by Gasteiger charge is -2.10. The van der Waals surface area contributed by atoms with Crippen molar-refractivity contribution in [1.82, 2.24) is 9.78 Å². The van der Waals surface area contributed by atoms with Gasteiger partial charge in [-0.05, 0) is 19.4 Å². The summed E-state index contributed by atoms with van der Waals surface area (Å²) in [5, 5.41) is 7.60. The van der Waals surface area contributed by atoms with Crippen LogP contribution >= 0.6 is 0 Å². The van der Waals surface area contributed by atoms with Crippen molar-refractivity contribution in [2.45, 2.75) is 20.3 Å². The first-order chi connectivity index (χ1) is 9.08. The summed E-state index contributed by atoms with van der Waals surface area (Å²) in [6.45, 7) is 4.72. The summed E-state index contributed by atoms with van der Waals surface area (Å²) < 4.78 is 7.39. The van der Waals surface area contributed by atoms with Crippen molar-refractivity contribution >= 4 is 17.1 Å². The van der Waals surface area contributed by atoms with E-state index in [1.807, 2.05) is 38.4 Å². The molecule has 0 atom stereocenters. The number of nitrogens with one attached hydrogen (secondary N) is 1. The molecule has 3 N–H and O–H groups in total. The van der Waals surface area contributed by atoms with Crippen molar-refractivity contribution in [3.05, 3.63) is 30.1 Å². The minimum absolute atomic E-state index is 0.678. The Labute approximate surface area is 113 Å². The Hall–Kier alpha value is -2.17. The van der Waals surface area contributed by atoms with Crippen LogP contribution in [-0.2, 0) is 7.05 Å². The van der Waals surface area contributed by atoms with Crippen LogP contribution in [-0.4, -0.2) is 16.4 Å². The van der Waals surface area contributed by atoms with E-state index >= 15 is 0 Å². The molecule has 0 aliphatic carbocycles. The van der Waals surface area contributed by atoms with Crippen molar-refractivity contribution in [2.24, 2.45) is 7.05 Å². The van der Waals surface area contributed by atoms with Crippen molar-refractivity contribution < 1.29 is 4.74 Å². The second-order valence-electron chi connectivity index (χ2n) is 4.57. The van der Waals surface area contributed by atoms with Gasteiger partial charge >= 0.3 is 0 Å². The minimum atomic E-state index is 0.678. The van der Waals surface area contributed by atoms with Gasteiger partial charge < -0.3 is 15.8 Å². The first-order valence-electron chi connectivity index (χ1n) is 6.39. The van der Waals surface area contributed by atoms with E-state index in [-0.39, 0.29) is 0 Å². The third-order valence-corrected chi connectivity index (χ3v) is 2.69. The third-order valence-electron chi connectivity index (χ3n) is 2.69. The van der Waals surface area contributed by atoms with Crippen molar-refractivity contribution in [3.8, 4) is 5.75 Å². The Morgan fingerprint density at radius 3 is 2.79 bits per heavy atom. The number of rotatable bonds is 5. The molecule has 0 aliphatic rings. The predicted molar refractivity (Wildman–Crippen MR) is 77.9 cm³/mol. The zero-order chi connectivity index (χ0) is 13.8. The lowest BCUT2D eigenvalue weighted by Crippen LogP contribution is -1.98. The number of benzene rings is 1. The summed E-state index contributed by atoms with van der Waals surface area (Å²) in [5.74, 6) is 0.783. The molecule has 0 unspecified atom stereocenters. The minimum Gasteiger partial charge on any atom is -0.493 e. The molecule has 1 aromatic carbocycles. The summed E-state index contributed by atoms with van der Waals surface area (Å²) >= 11 is 0. The maximum Gasteiger partial charge on any atom is 0.123 e. The van der Waals surface area contributed by atoms with Crippen LogP contribution < -0.4 is 15.8 Å².